The van der Waals surface area contributed by atoms with Gasteiger partial charge >= 0.3 is 0 Å². The number of aromatic amines is 1. The molecule has 0 aromatic carbocycles. The van der Waals surface area contributed by atoms with Crippen molar-refractivity contribution in [2.24, 2.45) is 5.41 Å². The third-order valence-electron chi connectivity index (χ3n) is 2.74. The lowest BCUT2D eigenvalue weighted by Gasteiger charge is -2.43. The highest BCUT2D eigenvalue weighted by Crippen LogP contribution is 2.41. The third kappa shape index (κ3) is 2.22. The minimum atomic E-state index is -0.147. The Balaban J connectivity index is 2.07. The molecule has 4 nitrogen and oxygen atoms in total. The summed E-state index contributed by atoms with van der Waals surface area (Å²) in [5.41, 5.74) is 0.275. The Labute approximate surface area is 96.6 Å². The molecule has 0 amide bonds. The predicted molar refractivity (Wildman–Crippen MR) is 63.0 cm³/mol. The van der Waals surface area contributed by atoms with Gasteiger partial charge in [-0.15, -0.1) is 0 Å². The number of nitrogens with zero attached hydrogens (tertiary/aromatic N) is 1. The highest BCUT2D eigenvalue weighted by molar-refractivity contribution is 9.10. The molecule has 1 aromatic rings. The van der Waals surface area contributed by atoms with Gasteiger partial charge in [0.1, 0.15) is 10.3 Å². The van der Waals surface area contributed by atoms with E-state index in [-0.39, 0.29) is 5.56 Å². The smallest absolute Gasteiger partial charge is 0.267 e. The largest absolute Gasteiger partial charge is 0.366 e. The molecule has 0 spiro atoms. The molecule has 2 rings (SSSR count). The first-order chi connectivity index (χ1) is 6.98. The highest BCUT2D eigenvalue weighted by Gasteiger charge is 2.36. The van der Waals surface area contributed by atoms with Gasteiger partial charge in [-0.1, -0.05) is 13.8 Å². The van der Waals surface area contributed by atoms with Crippen LogP contribution in [-0.4, -0.2) is 16.0 Å². The van der Waals surface area contributed by atoms with Gasteiger partial charge in [-0.05, 0) is 34.2 Å². The topological polar surface area (TPSA) is 57.8 Å². The summed E-state index contributed by atoms with van der Waals surface area (Å²) >= 11 is 3.22. The summed E-state index contributed by atoms with van der Waals surface area (Å²) in [5, 5.41) is 3.27. The van der Waals surface area contributed by atoms with Crippen molar-refractivity contribution in [3.63, 3.8) is 0 Å². The molecule has 1 heterocycles. The second-order valence-electron chi connectivity index (χ2n) is 4.81. The van der Waals surface area contributed by atoms with Crippen molar-refractivity contribution >= 4 is 21.7 Å². The molecule has 0 unspecified atom stereocenters. The second kappa shape index (κ2) is 3.63. The van der Waals surface area contributed by atoms with Crippen LogP contribution in [0.2, 0.25) is 0 Å². The fourth-order valence-electron chi connectivity index (χ4n) is 2.05. The van der Waals surface area contributed by atoms with Gasteiger partial charge in [0.15, 0.2) is 0 Å². The van der Waals surface area contributed by atoms with Crippen LogP contribution in [0, 0.1) is 5.41 Å². The maximum absolute atomic E-state index is 11.3. The van der Waals surface area contributed by atoms with Crippen molar-refractivity contribution in [2.45, 2.75) is 32.7 Å². The molecule has 2 N–H and O–H groups in total. The van der Waals surface area contributed by atoms with Crippen LogP contribution in [0.15, 0.2) is 15.6 Å². The molecule has 1 aromatic heterocycles. The lowest BCUT2D eigenvalue weighted by atomic mass is 9.68. The first-order valence-corrected chi connectivity index (χ1v) is 5.77. The van der Waals surface area contributed by atoms with Crippen LogP contribution in [-0.2, 0) is 0 Å². The molecular weight excluding hydrogens is 258 g/mol. The van der Waals surface area contributed by atoms with Crippen molar-refractivity contribution in [3.8, 4) is 0 Å². The molecule has 1 aliphatic carbocycles. The van der Waals surface area contributed by atoms with Gasteiger partial charge in [0.2, 0.25) is 0 Å². The van der Waals surface area contributed by atoms with E-state index < -0.39 is 0 Å². The minimum absolute atomic E-state index is 0.147. The number of nitrogens with one attached hydrogen (secondary N) is 2. The zero-order valence-corrected chi connectivity index (χ0v) is 10.4. The number of H-pyrrole nitrogens is 1. The molecule has 82 valence electrons. The summed E-state index contributed by atoms with van der Waals surface area (Å²) in [4.78, 5) is 17.9. The van der Waals surface area contributed by atoms with Crippen LogP contribution in [0.1, 0.15) is 26.7 Å². The fraction of sp³-hybridized carbons (Fsp3) is 0.600. The number of rotatable bonds is 2. The number of aromatic nitrogens is 2. The lowest BCUT2D eigenvalue weighted by Crippen LogP contribution is -2.41. The van der Waals surface area contributed by atoms with Crippen LogP contribution in [0.3, 0.4) is 0 Å². The molecule has 1 aliphatic rings. The van der Waals surface area contributed by atoms with Gasteiger partial charge in [0, 0.05) is 6.04 Å². The molecule has 5 heteroatoms. The van der Waals surface area contributed by atoms with E-state index >= 15 is 0 Å². The van der Waals surface area contributed by atoms with Crippen molar-refractivity contribution in [1.29, 1.82) is 0 Å². The Kier molecular flexibility index (Phi) is 2.58. The van der Waals surface area contributed by atoms with Crippen LogP contribution in [0.25, 0.3) is 0 Å². The van der Waals surface area contributed by atoms with E-state index in [4.69, 9.17) is 0 Å². The second-order valence-corrected chi connectivity index (χ2v) is 5.60. The van der Waals surface area contributed by atoms with Gasteiger partial charge in [0.05, 0.1) is 6.33 Å². The Morgan fingerprint density at radius 2 is 2.27 bits per heavy atom. The zero-order chi connectivity index (χ0) is 11.1. The van der Waals surface area contributed by atoms with Crippen molar-refractivity contribution in [1.82, 2.24) is 9.97 Å². The number of hydrogen-bond donors (Lipinski definition) is 2. The van der Waals surface area contributed by atoms with Gasteiger partial charge in [-0.25, -0.2) is 4.98 Å². The highest BCUT2D eigenvalue weighted by atomic mass is 79.9. The molecule has 0 bridgehead atoms. The van der Waals surface area contributed by atoms with Gasteiger partial charge in [0.25, 0.3) is 5.56 Å². The monoisotopic (exact) mass is 271 g/mol. The SMILES string of the molecule is CC1(C)CC(Nc2nc[nH]c(=O)c2Br)C1. The summed E-state index contributed by atoms with van der Waals surface area (Å²) in [5.74, 6) is 0.638. The summed E-state index contributed by atoms with van der Waals surface area (Å²) in [7, 11) is 0. The summed E-state index contributed by atoms with van der Waals surface area (Å²) in [6, 6.07) is 0.436. The Bertz CT molecular complexity index is 419. The summed E-state index contributed by atoms with van der Waals surface area (Å²) in [6.07, 6.45) is 3.65. The van der Waals surface area contributed by atoms with Crippen LogP contribution in [0.5, 0.6) is 0 Å². The average molecular weight is 272 g/mol. The summed E-state index contributed by atoms with van der Waals surface area (Å²) < 4.78 is 0.481. The Morgan fingerprint density at radius 3 is 2.87 bits per heavy atom. The van der Waals surface area contributed by atoms with Crippen molar-refractivity contribution in [2.75, 3.05) is 5.32 Å². The summed E-state index contributed by atoms with van der Waals surface area (Å²) in [6.45, 7) is 4.48. The molecule has 0 radical (unpaired) electrons. The van der Waals surface area contributed by atoms with E-state index in [9.17, 15) is 4.79 Å². The molecule has 0 aliphatic heterocycles. The van der Waals surface area contributed by atoms with E-state index in [1.165, 1.54) is 6.33 Å². The van der Waals surface area contributed by atoms with Crippen LogP contribution in [0.4, 0.5) is 5.82 Å². The quantitative estimate of drug-likeness (QED) is 0.867. The number of anilines is 1. The van der Waals surface area contributed by atoms with Crippen LogP contribution < -0.4 is 10.9 Å². The Morgan fingerprint density at radius 1 is 1.60 bits per heavy atom. The van der Waals surface area contributed by atoms with Crippen LogP contribution >= 0.6 is 15.9 Å². The number of halogens is 1. The normalized spacial score (nSPS) is 19.7. The number of hydrogen-bond acceptors (Lipinski definition) is 3. The lowest BCUT2D eigenvalue weighted by molar-refractivity contribution is 0.167. The van der Waals surface area contributed by atoms with Gasteiger partial charge in [-0.2, -0.15) is 0 Å². The Hall–Kier alpha value is -0.840. The molecule has 1 saturated carbocycles. The average Bonchev–Trinajstić information content (AvgIpc) is 2.10. The molecule has 15 heavy (non-hydrogen) atoms. The van der Waals surface area contributed by atoms with Gasteiger partial charge < -0.3 is 10.3 Å². The van der Waals surface area contributed by atoms with E-state index in [1.807, 2.05) is 0 Å². The molecule has 0 atom stereocenters. The van der Waals surface area contributed by atoms with E-state index in [1.54, 1.807) is 0 Å². The third-order valence-corrected chi connectivity index (χ3v) is 3.47. The molecule has 1 fully saturated rings. The zero-order valence-electron chi connectivity index (χ0n) is 8.80. The van der Waals surface area contributed by atoms with Crippen molar-refractivity contribution < 1.29 is 0 Å². The minimum Gasteiger partial charge on any atom is -0.366 e. The van der Waals surface area contributed by atoms with E-state index in [0.29, 0.717) is 21.7 Å². The maximum atomic E-state index is 11.3. The van der Waals surface area contributed by atoms with Gasteiger partial charge in [-0.3, -0.25) is 4.79 Å². The van der Waals surface area contributed by atoms with Crippen molar-refractivity contribution in [3.05, 3.63) is 21.2 Å². The standard InChI is InChI=1S/C10H14BrN3O/c1-10(2)3-6(4-10)14-8-7(11)9(15)13-5-12-8/h5-6H,3-4H2,1-2H3,(H2,12,13,14,15). The first-order valence-electron chi connectivity index (χ1n) is 4.98. The fourth-order valence-corrected chi connectivity index (χ4v) is 2.38. The first kappa shape index (κ1) is 10.7. The van der Waals surface area contributed by atoms with E-state index in [2.05, 4.69) is 45.1 Å². The molecular formula is C10H14BrN3O. The van der Waals surface area contributed by atoms with E-state index in [0.717, 1.165) is 12.8 Å². The maximum Gasteiger partial charge on any atom is 0.267 e. The molecule has 0 saturated heterocycles. The predicted octanol–water partition coefficient (Wildman–Crippen LogP) is 2.13.